The number of aromatic nitrogens is 2. The fraction of sp³-hybridized carbons (Fsp3) is 0.238. The first kappa shape index (κ1) is 21.1. The van der Waals surface area contributed by atoms with Crippen LogP contribution in [0.1, 0.15) is 39.9 Å². The van der Waals surface area contributed by atoms with Crippen LogP contribution in [0.4, 0.5) is 5.69 Å². The average Bonchev–Trinajstić information content (AvgIpc) is 2.96. The topological polar surface area (TPSA) is 81.1 Å². The van der Waals surface area contributed by atoms with Crippen molar-refractivity contribution in [1.29, 1.82) is 0 Å². The number of benzene rings is 1. The third kappa shape index (κ3) is 4.86. The van der Waals surface area contributed by atoms with Gasteiger partial charge in [-0.25, -0.2) is 8.42 Å². The number of aryl methyl sites for hydroxylation is 1. The summed E-state index contributed by atoms with van der Waals surface area (Å²) in [4.78, 5) is 17.3. The van der Waals surface area contributed by atoms with E-state index in [1.165, 1.54) is 6.20 Å². The van der Waals surface area contributed by atoms with Crippen LogP contribution in [0.3, 0.4) is 0 Å². The van der Waals surface area contributed by atoms with Crippen molar-refractivity contribution in [2.24, 2.45) is 7.05 Å². The Morgan fingerprint density at radius 3 is 2.45 bits per heavy atom. The van der Waals surface area contributed by atoms with Gasteiger partial charge in [0.05, 0.1) is 23.3 Å². The van der Waals surface area contributed by atoms with E-state index in [4.69, 9.17) is 11.6 Å². The first-order valence-corrected chi connectivity index (χ1v) is 11.1. The standard InChI is InChI=1S/C21H22ClN3O3S/c1-4-29(27,28)24-18-10-9-17(23-13-18)12-19-11-14(2)20(25(19)3)21(26)15-5-7-16(22)8-6-15/h5-11,13,24H,4,12H2,1-3H3. The minimum absolute atomic E-state index is 0.00179. The van der Waals surface area contributed by atoms with Gasteiger partial charge in [0.25, 0.3) is 0 Å². The molecule has 1 N–H and O–H groups in total. The smallest absolute Gasteiger partial charge is 0.232 e. The number of hydrogen-bond acceptors (Lipinski definition) is 4. The number of nitrogens with zero attached hydrogens (tertiary/aromatic N) is 2. The van der Waals surface area contributed by atoms with Gasteiger partial charge in [0, 0.05) is 35.4 Å². The number of halogens is 1. The van der Waals surface area contributed by atoms with Gasteiger partial charge in [-0.3, -0.25) is 14.5 Å². The predicted molar refractivity (Wildman–Crippen MR) is 115 cm³/mol. The average molecular weight is 432 g/mol. The molecule has 0 unspecified atom stereocenters. The number of carbonyl (C=O) groups is 1. The van der Waals surface area contributed by atoms with Gasteiger partial charge < -0.3 is 4.57 Å². The molecular formula is C21H22ClN3O3S. The van der Waals surface area contributed by atoms with Crippen molar-refractivity contribution in [2.75, 3.05) is 10.5 Å². The predicted octanol–water partition coefficient (Wildman–Crippen LogP) is 3.97. The van der Waals surface area contributed by atoms with Crippen LogP contribution in [0.5, 0.6) is 0 Å². The lowest BCUT2D eigenvalue weighted by Crippen LogP contribution is -2.14. The molecule has 0 amide bonds. The summed E-state index contributed by atoms with van der Waals surface area (Å²) < 4.78 is 27.6. The Hall–Kier alpha value is -2.64. The maximum absolute atomic E-state index is 12.9. The van der Waals surface area contributed by atoms with Crippen molar-refractivity contribution in [2.45, 2.75) is 20.3 Å². The molecule has 0 atom stereocenters. The highest BCUT2D eigenvalue weighted by Crippen LogP contribution is 2.21. The van der Waals surface area contributed by atoms with E-state index in [1.807, 2.05) is 24.6 Å². The fourth-order valence-electron chi connectivity index (χ4n) is 3.09. The Morgan fingerprint density at radius 1 is 1.17 bits per heavy atom. The second kappa shape index (κ2) is 8.39. The van der Waals surface area contributed by atoms with Crippen LogP contribution in [0.2, 0.25) is 5.02 Å². The number of pyridine rings is 1. The first-order valence-electron chi connectivity index (χ1n) is 9.11. The van der Waals surface area contributed by atoms with Crippen LogP contribution in [-0.4, -0.2) is 29.5 Å². The van der Waals surface area contributed by atoms with E-state index >= 15 is 0 Å². The Labute approximate surface area is 175 Å². The summed E-state index contributed by atoms with van der Waals surface area (Å²) in [5, 5.41) is 0.585. The van der Waals surface area contributed by atoms with Crippen molar-refractivity contribution >= 4 is 33.1 Å². The van der Waals surface area contributed by atoms with E-state index in [2.05, 4.69) is 9.71 Å². The first-order chi connectivity index (χ1) is 13.7. The van der Waals surface area contributed by atoms with Gasteiger partial charge in [0.1, 0.15) is 0 Å². The highest BCUT2D eigenvalue weighted by molar-refractivity contribution is 7.92. The highest BCUT2D eigenvalue weighted by Gasteiger charge is 2.19. The van der Waals surface area contributed by atoms with Crippen molar-refractivity contribution in [3.05, 3.63) is 81.9 Å². The molecule has 0 spiro atoms. The molecule has 0 bridgehead atoms. The lowest BCUT2D eigenvalue weighted by Gasteiger charge is -2.09. The molecule has 8 heteroatoms. The molecule has 2 heterocycles. The van der Waals surface area contributed by atoms with Crippen molar-refractivity contribution in [1.82, 2.24) is 9.55 Å². The molecule has 0 aliphatic heterocycles. The van der Waals surface area contributed by atoms with Crippen LogP contribution in [0.15, 0.2) is 48.7 Å². The van der Waals surface area contributed by atoms with E-state index in [-0.39, 0.29) is 11.5 Å². The fourth-order valence-corrected chi connectivity index (χ4v) is 3.84. The lowest BCUT2D eigenvalue weighted by molar-refractivity contribution is 0.103. The SMILES string of the molecule is CCS(=O)(=O)Nc1ccc(Cc2cc(C)c(C(=O)c3ccc(Cl)cc3)n2C)nc1. The van der Waals surface area contributed by atoms with Gasteiger partial charge in [0.15, 0.2) is 0 Å². The summed E-state index contributed by atoms with van der Waals surface area (Å²) >= 11 is 5.91. The second-order valence-corrected chi connectivity index (χ2v) is 9.23. The van der Waals surface area contributed by atoms with Gasteiger partial charge >= 0.3 is 0 Å². The zero-order valence-corrected chi connectivity index (χ0v) is 18.0. The molecule has 0 aliphatic rings. The lowest BCUT2D eigenvalue weighted by atomic mass is 10.1. The Morgan fingerprint density at radius 2 is 1.86 bits per heavy atom. The number of carbonyl (C=O) groups excluding carboxylic acids is 1. The molecule has 6 nitrogen and oxygen atoms in total. The van der Waals surface area contributed by atoms with Crippen LogP contribution < -0.4 is 4.72 Å². The molecule has 0 saturated carbocycles. The van der Waals surface area contributed by atoms with Crippen molar-refractivity contribution in [3.8, 4) is 0 Å². The maximum Gasteiger partial charge on any atom is 0.232 e. The number of anilines is 1. The summed E-state index contributed by atoms with van der Waals surface area (Å²) in [6, 6.07) is 12.3. The minimum atomic E-state index is -3.33. The number of sulfonamides is 1. The third-order valence-electron chi connectivity index (χ3n) is 4.68. The minimum Gasteiger partial charge on any atom is -0.344 e. The molecule has 1 aromatic carbocycles. The summed E-state index contributed by atoms with van der Waals surface area (Å²) in [6.07, 6.45) is 2.02. The van der Waals surface area contributed by atoms with Crippen LogP contribution in [0.25, 0.3) is 0 Å². The Kier molecular flexibility index (Phi) is 6.10. The van der Waals surface area contributed by atoms with Gasteiger partial charge in [-0.2, -0.15) is 0 Å². The molecule has 29 heavy (non-hydrogen) atoms. The molecule has 152 valence electrons. The summed E-state index contributed by atoms with van der Waals surface area (Å²) in [7, 11) is -1.48. The molecule has 3 rings (SSSR count). The largest absolute Gasteiger partial charge is 0.344 e. The van der Waals surface area contributed by atoms with Gasteiger partial charge in [0.2, 0.25) is 15.8 Å². The maximum atomic E-state index is 12.9. The summed E-state index contributed by atoms with van der Waals surface area (Å²) in [6.45, 7) is 3.48. The molecule has 0 saturated heterocycles. The number of ketones is 1. The van der Waals surface area contributed by atoms with E-state index in [9.17, 15) is 13.2 Å². The van der Waals surface area contributed by atoms with Crippen molar-refractivity contribution < 1.29 is 13.2 Å². The van der Waals surface area contributed by atoms with Crippen LogP contribution in [-0.2, 0) is 23.5 Å². The molecular weight excluding hydrogens is 410 g/mol. The normalized spacial score (nSPS) is 11.4. The van der Waals surface area contributed by atoms with Crippen molar-refractivity contribution in [3.63, 3.8) is 0 Å². The Balaban J connectivity index is 1.81. The third-order valence-corrected chi connectivity index (χ3v) is 6.24. The molecule has 2 aromatic heterocycles. The van der Waals surface area contributed by atoms with E-state index in [0.717, 1.165) is 17.0 Å². The highest BCUT2D eigenvalue weighted by atomic mass is 35.5. The second-order valence-electron chi connectivity index (χ2n) is 6.78. The van der Waals surface area contributed by atoms with E-state index in [1.54, 1.807) is 43.3 Å². The Bertz CT molecular complexity index is 1140. The quantitative estimate of drug-likeness (QED) is 0.574. The van der Waals surface area contributed by atoms with E-state index < -0.39 is 10.0 Å². The van der Waals surface area contributed by atoms with E-state index in [0.29, 0.717) is 28.4 Å². The van der Waals surface area contributed by atoms with Crippen LogP contribution >= 0.6 is 11.6 Å². The zero-order valence-electron chi connectivity index (χ0n) is 16.4. The summed E-state index contributed by atoms with van der Waals surface area (Å²) in [5.74, 6) is -0.0628. The molecule has 0 fully saturated rings. The monoisotopic (exact) mass is 431 g/mol. The number of nitrogens with one attached hydrogen (secondary N) is 1. The van der Waals surface area contributed by atoms with Gasteiger partial charge in [-0.1, -0.05) is 11.6 Å². The van der Waals surface area contributed by atoms with Gasteiger partial charge in [-0.15, -0.1) is 0 Å². The summed E-state index contributed by atoms with van der Waals surface area (Å²) in [5.41, 5.74) is 4.22. The van der Waals surface area contributed by atoms with Gasteiger partial charge in [-0.05, 0) is 61.9 Å². The molecule has 0 radical (unpaired) electrons. The molecule has 3 aromatic rings. The number of hydrogen-bond donors (Lipinski definition) is 1. The van der Waals surface area contributed by atoms with Crippen LogP contribution in [0, 0.1) is 6.92 Å². The molecule has 0 aliphatic carbocycles. The zero-order chi connectivity index (χ0) is 21.2. The number of rotatable bonds is 7.